The summed E-state index contributed by atoms with van der Waals surface area (Å²) < 4.78 is 0. The largest absolute Gasteiger partial charge is 0.478 e. The van der Waals surface area contributed by atoms with Gasteiger partial charge in [-0.3, -0.25) is 4.90 Å². The molecule has 0 unspecified atom stereocenters. The number of pyridine rings is 1. The molecule has 0 spiro atoms. The van der Waals surface area contributed by atoms with Crippen LogP contribution in [0.15, 0.2) is 12.3 Å². The molecule has 5 nitrogen and oxygen atoms in total. The van der Waals surface area contributed by atoms with E-state index in [-0.39, 0.29) is 5.56 Å². The van der Waals surface area contributed by atoms with E-state index in [4.69, 9.17) is 0 Å². The Kier molecular flexibility index (Phi) is 5.04. The minimum atomic E-state index is -0.928. The maximum Gasteiger partial charge on any atom is 0.339 e. The first-order valence-electron chi connectivity index (χ1n) is 6.41. The Morgan fingerprint density at radius 2 is 2.26 bits per heavy atom. The molecule has 6 heteroatoms. The van der Waals surface area contributed by atoms with Crippen LogP contribution in [-0.2, 0) is 0 Å². The fourth-order valence-electron chi connectivity index (χ4n) is 2.12. The van der Waals surface area contributed by atoms with Crippen LogP contribution in [0.25, 0.3) is 0 Å². The summed E-state index contributed by atoms with van der Waals surface area (Å²) in [6.07, 6.45) is 1.64. The average molecular weight is 281 g/mol. The maximum absolute atomic E-state index is 11.2. The molecule has 0 amide bonds. The molecule has 1 aliphatic heterocycles. The number of rotatable bonds is 5. The van der Waals surface area contributed by atoms with Crippen molar-refractivity contribution < 1.29 is 9.90 Å². The molecular weight excluding hydrogens is 262 g/mol. The molecule has 2 heterocycles. The highest BCUT2D eigenvalue weighted by molar-refractivity contribution is 7.99. The van der Waals surface area contributed by atoms with E-state index in [0.29, 0.717) is 5.82 Å². The van der Waals surface area contributed by atoms with Crippen LogP contribution in [0.5, 0.6) is 0 Å². The van der Waals surface area contributed by atoms with Gasteiger partial charge < -0.3 is 10.4 Å². The lowest BCUT2D eigenvalue weighted by Gasteiger charge is -2.26. The van der Waals surface area contributed by atoms with Gasteiger partial charge in [0.1, 0.15) is 11.4 Å². The highest BCUT2D eigenvalue weighted by Gasteiger charge is 2.15. The standard InChI is InChI=1S/C13H19N3O2S/c1-10-2-3-14-12(11(10)13(17)18)15-4-5-16-6-8-19-9-7-16/h2-3H,4-9H2,1H3,(H,14,15)(H,17,18). The lowest BCUT2D eigenvalue weighted by molar-refractivity contribution is 0.0697. The summed E-state index contributed by atoms with van der Waals surface area (Å²) in [6.45, 7) is 5.66. The molecule has 0 bridgehead atoms. The van der Waals surface area contributed by atoms with E-state index in [0.717, 1.165) is 31.7 Å². The van der Waals surface area contributed by atoms with Gasteiger partial charge in [-0.2, -0.15) is 11.8 Å². The molecule has 2 rings (SSSR count). The van der Waals surface area contributed by atoms with E-state index in [1.807, 2.05) is 11.8 Å². The molecule has 1 aromatic heterocycles. The summed E-state index contributed by atoms with van der Waals surface area (Å²) in [5.74, 6) is 1.91. The van der Waals surface area contributed by atoms with Crippen molar-refractivity contribution >= 4 is 23.5 Å². The second-order valence-electron chi connectivity index (χ2n) is 4.54. The van der Waals surface area contributed by atoms with Gasteiger partial charge in [0.25, 0.3) is 0 Å². The Morgan fingerprint density at radius 3 is 2.95 bits per heavy atom. The van der Waals surface area contributed by atoms with E-state index in [2.05, 4.69) is 15.2 Å². The van der Waals surface area contributed by atoms with E-state index in [1.165, 1.54) is 11.5 Å². The smallest absolute Gasteiger partial charge is 0.339 e. The quantitative estimate of drug-likeness (QED) is 0.853. The number of anilines is 1. The van der Waals surface area contributed by atoms with Gasteiger partial charge >= 0.3 is 5.97 Å². The minimum Gasteiger partial charge on any atom is -0.478 e. The third-order valence-electron chi connectivity index (χ3n) is 3.20. The lowest BCUT2D eigenvalue weighted by Crippen LogP contribution is -2.36. The molecule has 0 aliphatic carbocycles. The Labute approximate surface area is 117 Å². The Balaban J connectivity index is 1.92. The molecule has 0 radical (unpaired) electrons. The number of nitrogens with zero attached hydrogens (tertiary/aromatic N) is 2. The van der Waals surface area contributed by atoms with Crippen LogP contribution in [0.2, 0.25) is 0 Å². The second-order valence-corrected chi connectivity index (χ2v) is 5.76. The summed E-state index contributed by atoms with van der Waals surface area (Å²) in [4.78, 5) is 17.7. The summed E-state index contributed by atoms with van der Waals surface area (Å²) in [5.41, 5.74) is 1.01. The highest BCUT2D eigenvalue weighted by atomic mass is 32.2. The molecule has 0 atom stereocenters. The first kappa shape index (κ1) is 14.1. The number of hydrogen-bond donors (Lipinski definition) is 2. The zero-order valence-electron chi connectivity index (χ0n) is 11.1. The van der Waals surface area contributed by atoms with Crippen LogP contribution >= 0.6 is 11.8 Å². The second kappa shape index (κ2) is 6.77. The van der Waals surface area contributed by atoms with Crippen LogP contribution < -0.4 is 5.32 Å². The number of aromatic nitrogens is 1. The third kappa shape index (κ3) is 3.84. The van der Waals surface area contributed by atoms with Crippen LogP contribution in [0.3, 0.4) is 0 Å². The number of carboxylic acids is 1. The van der Waals surface area contributed by atoms with Crippen molar-refractivity contribution in [3.05, 3.63) is 23.4 Å². The molecular formula is C13H19N3O2S. The first-order chi connectivity index (χ1) is 9.18. The van der Waals surface area contributed by atoms with Gasteiger partial charge in [-0.05, 0) is 18.6 Å². The molecule has 1 fully saturated rings. The van der Waals surface area contributed by atoms with Crippen molar-refractivity contribution in [2.45, 2.75) is 6.92 Å². The van der Waals surface area contributed by atoms with Crippen molar-refractivity contribution in [1.29, 1.82) is 0 Å². The zero-order chi connectivity index (χ0) is 13.7. The fourth-order valence-corrected chi connectivity index (χ4v) is 3.10. The maximum atomic E-state index is 11.2. The third-order valence-corrected chi connectivity index (χ3v) is 4.14. The monoisotopic (exact) mass is 281 g/mol. The van der Waals surface area contributed by atoms with Crippen molar-refractivity contribution in [3.63, 3.8) is 0 Å². The number of carbonyl (C=O) groups is 1. The molecule has 0 aromatic carbocycles. The Morgan fingerprint density at radius 1 is 1.53 bits per heavy atom. The van der Waals surface area contributed by atoms with E-state index >= 15 is 0 Å². The zero-order valence-corrected chi connectivity index (χ0v) is 11.9. The van der Waals surface area contributed by atoms with Gasteiger partial charge in [0.05, 0.1) is 0 Å². The summed E-state index contributed by atoms with van der Waals surface area (Å²) in [6, 6.07) is 1.72. The predicted octanol–water partition coefficient (Wildman–Crippen LogP) is 1.55. The SMILES string of the molecule is Cc1ccnc(NCCN2CCSCC2)c1C(=O)O. The number of nitrogens with one attached hydrogen (secondary N) is 1. The highest BCUT2D eigenvalue weighted by Crippen LogP contribution is 2.16. The summed E-state index contributed by atoms with van der Waals surface area (Å²) in [5, 5.41) is 12.3. The number of aryl methyl sites for hydroxylation is 1. The van der Waals surface area contributed by atoms with Gasteiger partial charge in [-0.15, -0.1) is 0 Å². The van der Waals surface area contributed by atoms with Crippen LogP contribution in [0.4, 0.5) is 5.82 Å². The molecule has 1 aliphatic rings. The lowest BCUT2D eigenvalue weighted by atomic mass is 10.1. The van der Waals surface area contributed by atoms with Crippen LogP contribution in [0.1, 0.15) is 15.9 Å². The van der Waals surface area contributed by atoms with Gasteiger partial charge in [0.2, 0.25) is 0 Å². The molecule has 1 saturated heterocycles. The van der Waals surface area contributed by atoms with E-state index in [1.54, 1.807) is 19.2 Å². The Hall–Kier alpha value is -1.27. The van der Waals surface area contributed by atoms with Gasteiger partial charge in [0.15, 0.2) is 0 Å². The number of thioether (sulfide) groups is 1. The minimum absolute atomic E-state index is 0.275. The van der Waals surface area contributed by atoms with Crippen molar-refractivity contribution in [2.24, 2.45) is 0 Å². The van der Waals surface area contributed by atoms with E-state index < -0.39 is 5.97 Å². The number of aromatic carboxylic acids is 1. The van der Waals surface area contributed by atoms with Crippen molar-refractivity contribution in [3.8, 4) is 0 Å². The van der Waals surface area contributed by atoms with Crippen LogP contribution in [0, 0.1) is 6.92 Å². The van der Waals surface area contributed by atoms with Crippen molar-refractivity contribution in [1.82, 2.24) is 9.88 Å². The molecule has 19 heavy (non-hydrogen) atoms. The van der Waals surface area contributed by atoms with Gasteiger partial charge in [-0.25, -0.2) is 9.78 Å². The summed E-state index contributed by atoms with van der Waals surface area (Å²) >= 11 is 1.98. The van der Waals surface area contributed by atoms with E-state index in [9.17, 15) is 9.90 Å². The molecule has 1 aromatic rings. The molecule has 2 N–H and O–H groups in total. The topological polar surface area (TPSA) is 65.5 Å². The van der Waals surface area contributed by atoms with Crippen LogP contribution in [-0.4, -0.2) is 58.6 Å². The summed E-state index contributed by atoms with van der Waals surface area (Å²) in [7, 11) is 0. The Bertz CT molecular complexity index is 448. The number of hydrogen-bond acceptors (Lipinski definition) is 5. The fraction of sp³-hybridized carbons (Fsp3) is 0.538. The molecule has 0 saturated carbocycles. The van der Waals surface area contributed by atoms with Crippen molar-refractivity contribution in [2.75, 3.05) is 43.0 Å². The first-order valence-corrected chi connectivity index (χ1v) is 7.57. The average Bonchev–Trinajstić information content (AvgIpc) is 2.39. The molecule has 104 valence electrons. The normalized spacial score (nSPS) is 16.3. The predicted molar refractivity (Wildman–Crippen MR) is 78.2 cm³/mol. The van der Waals surface area contributed by atoms with Gasteiger partial charge in [-0.1, -0.05) is 0 Å². The van der Waals surface area contributed by atoms with Gasteiger partial charge in [0, 0.05) is 43.9 Å². The number of carboxylic acid groups (broad SMARTS) is 1.